The Balaban J connectivity index is 0.00000220. The van der Waals surface area contributed by atoms with Crippen LogP contribution in [0, 0.1) is 0 Å². The number of nitrogens with one attached hydrogen (secondary N) is 2. The van der Waals surface area contributed by atoms with Crippen molar-refractivity contribution in [1.82, 2.24) is 10.6 Å². The summed E-state index contributed by atoms with van der Waals surface area (Å²) in [7, 11) is -0.654. The fourth-order valence-corrected chi connectivity index (χ4v) is 4.33. The highest BCUT2D eigenvalue weighted by molar-refractivity contribution is 14.0. The Morgan fingerprint density at radius 3 is 2.29 bits per heavy atom. The minimum Gasteiger partial charge on any atom is -0.354 e. The molecule has 6 heteroatoms. The largest absolute Gasteiger partial charge is 0.354 e. The number of nitrogens with zero attached hydrogens (tertiary/aromatic N) is 1. The van der Waals surface area contributed by atoms with Crippen molar-refractivity contribution in [3.8, 4) is 0 Å². The first-order valence-corrected chi connectivity index (χ1v) is 9.55. The van der Waals surface area contributed by atoms with Crippen molar-refractivity contribution in [1.29, 1.82) is 0 Å². The minimum absolute atomic E-state index is 0. The van der Waals surface area contributed by atoms with Crippen molar-refractivity contribution in [3.05, 3.63) is 0 Å². The molecule has 2 aliphatic carbocycles. The van der Waals surface area contributed by atoms with Crippen LogP contribution < -0.4 is 10.6 Å². The number of halogens is 1. The quantitative estimate of drug-likeness (QED) is 0.403. The molecule has 2 rings (SSSR count). The normalized spacial score (nSPS) is 28.2. The fourth-order valence-electron chi connectivity index (χ4n) is 2.98. The highest BCUT2D eigenvalue weighted by Crippen LogP contribution is 2.23. The second-order valence-corrected chi connectivity index (χ2v) is 7.90. The Kier molecular flexibility index (Phi) is 9.16. The summed E-state index contributed by atoms with van der Waals surface area (Å²) in [5.41, 5.74) is 0. The zero-order valence-electron chi connectivity index (χ0n) is 13.3. The standard InChI is InChI=1S/C15H29N3OS.HI/c1-3-16-15(17-12-7-5-8-12)18-13-9-6-10-14(11-13)20(19)4-2;/h12-14H,3-11H2,1-2H3,(H2,16,17,18);1H. The molecule has 2 saturated carbocycles. The summed E-state index contributed by atoms with van der Waals surface area (Å²) < 4.78 is 12.0. The molecule has 0 amide bonds. The molecule has 3 unspecified atom stereocenters. The molecule has 3 atom stereocenters. The molecule has 0 aromatic carbocycles. The van der Waals surface area contributed by atoms with E-state index in [1.807, 2.05) is 6.92 Å². The van der Waals surface area contributed by atoms with Gasteiger partial charge >= 0.3 is 0 Å². The van der Waals surface area contributed by atoms with Gasteiger partial charge < -0.3 is 10.6 Å². The average Bonchev–Trinajstić information content (AvgIpc) is 2.42. The number of hydrogen-bond donors (Lipinski definition) is 2. The van der Waals surface area contributed by atoms with E-state index in [9.17, 15) is 4.21 Å². The number of aliphatic imine (C=N–C) groups is 1. The monoisotopic (exact) mass is 427 g/mol. The predicted molar refractivity (Wildman–Crippen MR) is 102 cm³/mol. The Morgan fingerprint density at radius 2 is 1.71 bits per heavy atom. The molecular formula is C15H30IN3OS. The van der Waals surface area contributed by atoms with Crippen LogP contribution in [0.15, 0.2) is 4.99 Å². The lowest BCUT2D eigenvalue weighted by molar-refractivity contribution is 0.368. The average molecular weight is 427 g/mol. The third-order valence-electron chi connectivity index (χ3n) is 4.39. The molecule has 0 aromatic heterocycles. The van der Waals surface area contributed by atoms with Gasteiger partial charge in [-0.15, -0.1) is 24.0 Å². The molecule has 2 aliphatic rings. The Morgan fingerprint density at radius 1 is 1.10 bits per heavy atom. The highest BCUT2D eigenvalue weighted by Gasteiger charge is 2.27. The van der Waals surface area contributed by atoms with Gasteiger partial charge in [-0.2, -0.15) is 0 Å². The van der Waals surface area contributed by atoms with Gasteiger partial charge in [-0.3, -0.25) is 9.20 Å². The van der Waals surface area contributed by atoms with Crippen molar-refractivity contribution in [3.63, 3.8) is 0 Å². The molecule has 0 aromatic rings. The van der Waals surface area contributed by atoms with Crippen molar-refractivity contribution in [2.45, 2.75) is 76.1 Å². The van der Waals surface area contributed by atoms with Crippen LogP contribution >= 0.6 is 24.0 Å². The fraction of sp³-hybridized carbons (Fsp3) is 0.933. The highest BCUT2D eigenvalue weighted by atomic mass is 127. The molecule has 4 nitrogen and oxygen atoms in total. The predicted octanol–water partition coefficient (Wildman–Crippen LogP) is 2.79. The van der Waals surface area contributed by atoms with Crippen LogP contribution in [0.2, 0.25) is 0 Å². The Bertz CT molecular complexity index is 361. The van der Waals surface area contributed by atoms with Crippen LogP contribution in [0.1, 0.15) is 58.8 Å². The molecule has 0 aliphatic heterocycles. The van der Waals surface area contributed by atoms with Crippen LogP contribution in [0.5, 0.6) is 0 Å². The molecule has 21 heavy (non-hydrogen) atoms. The maximum atomic E-state index is 12.0. The van der Waals surface area contributed by atoms with Gasteiger partial charge in [0.25, 0.3) is 0 Å². The SMILES string of the molecule is CCN=C(NC1CCC1)NC1CCCC(S(=O)CC)C1.I. The first kappa shape index (κ1) is 19.2. The molecular weight excluding hydrogens is 397 g/mol. The van der Waals surface area contributed by atoms with Crippen molar-refractivity contribution < 1.29 is 4.21 Å². The molecule has 0 bridgehead atoms. The van der Waals surface area contributed by atoms with Gasteiger partial charge in [0.1, 0.15) is 0 Å². The van der Waals surface area contributed by atoms with E-state index < -0.39 is 10.8 Å². The lowest BCUT2D eigenvalue weighted by Crippen LogP contribution is -2.51. The van der Waals surface area contributed by atoms with Crippen LogP contribution in [-0.4, -0.2) is 39.8 Å². The summed E-state index contributed by atoms with van der Waals surface area (Å²) in [5, 5.41) is 7.47. The van der Waals surface area contributed by atoms with Crippen LogP contribution in [0.3, 0.4) is 0 Å². The zero-order valence-corrected chi connectivity index (χ0v) is 16.4. The second-order valence-electron chi connectivity index (χ2n) is 5.89. The van der Waals surface area contributed by atoms with Gasteiger partial charge in [-0.25, -0.2) is 0 Å². The smallest absolute Gasteiger partial charge is 0.191 e. The first-order chi connectivity index (χ1) is 9.72. The number of rotatable bonds is 5. The molecule has 0 radical (unpaired) electrons. The minimum atomic E-state index is -0.654. The van der Waals surface area contributed by atoms with E-state index in [1.54, 1.807) is 0 Å². The summed E-state index contributed by atoms with van der Waals surface area (Å²) >= 11 is 0. The summed E-state index contributed by atoms with van der Waals surface area (Å²) in [5.74, 6) is 1.75. The van der Waals surface area contributed by atoms with E-state index in [1.165, 1.54) is 32.1 Å². The number of guanidine groups is 1. The third kappa shape index (κ3) is 6.04. The summed E-state index contributed by atoms with van der Waals surface area (Å²) in [6, 6.07) is 1.04. The van der Waals surface area contributed by atoms with Gasteiger partial charge in [-0.05, 0) is 45.4 Å². The van der Waals surface area contributed by atoms with Crippen LogP contribution in [0.4, 0.5) is 0 Å². The second kappa shape index (κ2) is 10.0. The lowest BCUT2D eigenvalue weighted by atomic mass is 9.93. The van der Waals surface area contributed by atoms with Gasteiger partial charge in [-0.1, -0.05) is 13.3 Å². The van der Waals surface area contributed by atoms with Gasteiger partial charge in [0.2, 0.25) is 0 Å². The summed E-state index contributed by atoms with van der Waals surface area (Å²) in [6.07, 6.45) is 8.35. The Hall–Kier alpha value is 0.150. The van der Waals surface area contributed by atoms with Crippen LogP contribution in [0.25, 0.3) is 0 Å². The molecule has 0 spiro atoms. The van der Waals surface area contributed by atoms with E-state index in [-0.39, 0.29) is 24.0 Å². The first-order valence-electron chi connectivity index (χ1n) is 8.17. The molecule has 0 saturated heterocycles. The van der Waals surface area contributed by atoms with E-state index >= 15 is 0 Å². The number of hydrogen-bond acceptors (Lipinski definition) is 2. The summed E-state index contributed by atoms with van der Waals surface area (Å²) in [4.78, 5) is 4.55. The Labute approximate surface area is 148 Å². The van der Waals surface area contributed by atoms with Crippen molar-refractivity contribution in [2.75, 3.05) is 12.3 Å². The maximum Gasteiger partial charge on any atom is 0.191 e. The molecule has 2 fully saturated rings. The third-order valence-corrected chi connectivity index (χ3v) is 6.13. The van der Waals surface area contributed by atoms with Crippen molar-refractivity contribution >= 4 is 40.7 Å². The van der Waals surface area contributed by atoms with Gasteiger partial charge in [0.05, 0.1) is 0 Å². The molecule has 0 heterocycles. The molecule has 124 valence electrons. The topological polar surface area (TPSA) is 53.5 Å². The van der Waals surface area contributed by atoms with Gasteiger partial charge in [0.15, 0.2) is 5.96 Å². The summed E-state index contributed by atoms with van der Waals surface area (Å²) in [6.45, 7) is 4.90. The van der Waals surface area contributed by atoms with E-state index in [2.05, 4.69) is 22.5 Å². The van der Waals surface area contributed by atoms with Crippen LogP contribution in [-0.2, 0) is 10.8 Å². The van der Waals surface area contributed by atoms with E-state index in [4.69, 9.17) is 0 Å². The lowest BCUT2D eigenvalue weighted by Gasteiger charge is -2.33. The zero-order chi connectivity index (χ0) is 14.4. The molecule has 2 N–H and O–H groups in total. The van der Waals surface area contributed by atoms with E-state index in [0.29, 0.717) is 17.3 Å². The van der Waals surface area contributed by atoms with E-state index in [0.717, 1.165) is 31.1 Å². The maximum absolute atomic E-state index is 12.0. The van der Waals surface area contributed by atoms with Crippen molar-refractivity contribution in [2.24, 2.45) is 4.99 Å². The van der Waals surface area contributed by atoms with Gasteiger partial charge in [0, 0.05) is 40.4 Å².